The number of hydrogen-bond acceptors (Lipinski definition) is 4. The first-order chi connectivity index (χ1) is 13.0. The van der Waals surface area contributed by atoms with Gasteiger partial charge in [-0.25, -0.2) is 13.1 Å². The van der Waals surface area contributed by atoms with Crippen LogP contribution in [0.4, 0.5) is 0 Å². The van der Waals surface area contributed by atoms with Gasteiger partial charge < -0.3 is 10.0 Å². The highest BCUT2D eigenvalue weighted by Crippen LogP contribution is 2.20. The van der Waals surface area contributed by atoms with Crippen molar-refractivity contribution in [2.24, 2.45) is 5.92 Å². The van der Waals surface area contributed by atoms with Crippen LogP contribution in [-0.4, -0.2) is 44.6 Å². The molecular weight excluding hydrogens is 360 g/mol. The Hall–Kier alpha value is -1.73. The van der Waals surface area contributed by atoms with E-state index in [4.69, 9.17) is 0 Å². The minimum Gasteiger partial charge on any atom is -0.387 e. The smallest absolute Gasteiger partial charge is 0.215 e. The number of piperidine rings is 1. The number of hydrogen-bond donors (Lipinski definition) is 2. The Morgan fingerprint density at radius 2 is 1.59 bits per heavy atom. The molecule has 0 amide bonds. The maximum absolute atomic E-state index is 12.3. The van der Waals surface area contributed by atoms with Gasteiger partial charge in [0.15, 0.2) is 0 Å². The summed E-state index contributed by atoms with van der Waals surface area (Å²) in [5, 5.41) is 10.4. The molecule has 0 radical (unpaired) electrons. The van der Waals surface area contributed by atoms with Crippen molar-refractivity contribution in [2.75, 3.05) is 26.2 Å². The van der Waals surface area contributed by atoms with Gasteiger partial charge in [0.1, 0.15) is 0 Å². The van der Waals surface area contributed by atoms with Crippen LogP contribution >= 0.6 is 0 Å². The van der Waals surface area contributed by atoms with E-state index in [-0.39, 0.29) is 5.75 Å². The molecule has 0 saturated carbocycles. The third kappa shape index (κ3) is 6.43. The quantitative estimate of drug-likeness (QED) is 0.729. The molecule has 1 saturated heterocycles. The van der Waals surface area contributed by atoms with Crippen LogP contribution < -0.4 is 4.72 Å². The van der Waals surface area contributed by atoms with Crippen LogP contribution in [0.2, 0.25) is 0 Å². The Balaban J connectivity index is 1.40. The molecule has 3 rings (SSSR count). The molecule has 1 fully saturated rings. The third-order valence-electron chi connectivity index (χ3n) is 5.11. The molecule has 6 heteroatoms. The van der Waals surface area contributed by atoms with Crippen LogP contribution in [-0.2, 0) is 15.8 Å². The van der Waals surface area contributed by atoms with E-state index >= 15 is 0 Å². The van der Waals surface area contributed by atoms with Crippen LogP contribution in [0.3, 0.4) is 0 Å². The second kappa shape index (κ2) is 9.46. The van der Waals surface area contributed by atoms with Crippen molar-refractivity contribution in [3.8, 4) is 0 Å². The lowest BCUT2D eigenvalue weighted by molar-refractivity contribution is 0.0899. The summed E-state index contributed by atoms with van der Waals surface area (Å²) in [7, 11) is -3.31. The predicted molar refractivity (Wildman–Crippen MR) is 108 cm³/mol. The van der Waals surface area contributed by atoms with E-state index in [2.05, 4.69) is 9.62 Å². The number of rotatable bonds is 8. The molecule has 0 bridgehead atoms. The molecule has 1 aliphatic rings. The van der Waals surface area contributed by atoms with Crippen molar-refractivity contribution in [1.82, 2.24) is 9.62 Å². The van der Waals surface area contributed by atoms with Crippen LogP contribution in [0.15, 0.2) is 60.7 Å². The van der Waals surface area contributed by atoms with Crippen molar-refractivity contribution in [2.45, 2.75) is 24.7 Å². The number of benzene rings is 2. The molecule has 2 N–H and O–H groups in total. The lowest BCUT2D eigenvalue weighted by Gasteiger charge is -2.33. The maximum atomic E-state index is 12.3. The molecule has 0 spiro atoms. The Morgan fingerprint density at radius 1 is 1.00 bits per heavy atom. The molecular formula is C21H28N2O3S. The summed E-state index contributed by atoms with van der Waals surface area (Å²) in [5.41, 5.74) is 1.74. The molecule has 5 nitrogen and oxygen atoms in total. The first kappa shape index (κ1) is 20.0. The van der Waals surface area contributed by atoms with Gasteiger partial charge in [-0.2, -0.15) is 0 Å². The molecule has 146 valence electrons. The number of sulfonamides is 1. The lowest BCUT2D eigenvalue weighted by Crippen LogP contribution is -2.40. The molecule has 2 aromatic carbocycles. The summed E-state index contributed by atoms with van der Waals surface area (Å²) in [5.74, 6) is 0.372. The first-order valence-electron chi connectivity index (χ1n) is 9.48. The molecule has 1 aliphatic heterocycles. The molecule has 0 aliphatic carbocycles. The van der Waals surface area contributed by atoms with E-state index in [0.717, 1.165) is 37.1 Å². The average molecular weight is 389 g/mol. The zero-order valence-electron chi connectivity index (χ0n) is 15.5. The number of nitrogens with zero attached hydrogens (tertiary/aromatic N) is 1. The van der Waals surface area contributed by atoms with Gasteiger partial charge in [-0.05, 0) is 43.0 Å². The zero-order chi connectivity index (χ0) is 19.1. The second-order valence-electron chi connectivity index (χ2n) is 7.26. The van der Waals surface area contributed by atoms with Crippen LogP contribution in [0.5, 0.6) is 0 Å². The van der Waals surface area contributed by atoms with Gasteiger partial charge in [0.25, 0.3) is 0 Å². The van der Waals surface area contributed by atoms with E-state index in [9.17, 15) is 13.5 Å². The minimum atomic E-state index is -3.31. The highest BCUT2D eigenvalue weighted by Gasteiger charge is 2.23. The van der Waals surface area contributed by atoms with Crippen LogP contribution in [0.1, 0.15) is 30.1 Å². The summed E-state index contributed by atoms with van der Waals surface area (Å²) < 4.78 is 27.3. The SMILES string of the molecule is O=S(=O)(Cc1ccccc1)NCC1CCN(CC(O)c2ccccc2)CC1. The van der Waals surface area contributed by atoms with Gasteiger partial charge in [-0.1, -0.05) is 60.7 Å². The van der Waals surface area contributed by atoms with Crippen LogP contribution in [0.25, 0.3) is 0 Å². The average Bonchev–Trinajstić information content (AvgIpc) is 2.69. The number of β-amino-alcohol motifs (C(OH)–C–C–N with tert-alkyl or cyclic N) is 1. The zero-order valence-corrected chi connectivity index (χ0v) is 16.3. The second-order valence-corrected chi connectivity index (χ2v) is 9.07. The highest BCUT2D eigenvalue weighted by molar-refractivity contribution is 7.88. The topological polar surface area (TPSA) is 69.6 Å². The minimum absolute atomic E-state index is 0.0238. The maximum Gasteiger partial charge on any atom is 0.215 e. The number of aliphatic hydroxyl groups is 1. The summed E-state index contributed by atoms with van der Waals surface area (Å²) in [6.45, 7) is 2.88. The van der Waals surface area contributed by atoms with E-state index in [0.29, 0.717) is 19.0 Å². The van der Waals surface area contributed by atoms with Gasteiger partial charge in [-0.3, -0.25) is 0 Å². The molecule has 1 atom stereocenters. The molecule has 2 aromatic rings. The van der Waals surface area contributed by atoms with Gasteiger partial charge >= 0.3 is 0 Å². The van der Waals surface area contributed by atoms with Crippen molar-refractivity contribution >= 4 is 10.0 Å². The van der Waals surface area contributed by atoms with Gasteiger partial charge in [-0.15, -0.1) is 0 Å². The van der Waals surface area contributed by atoms with Crippen LogP contribution in [0, 0.1) is 5.92 Å². The van der Waals surface area contributed by atoms with E-state index in [1.807, 2.05) is 60.7 Å². The Bertz CT molecular complexity index is 789. The normalized spacial score (nSPS) is 17.7. The van der Waals surface area contributed by atoms with E-state index < -0.39 is 16.1 Å². The monoisotopic (exact) mass is 388 g/mol. The van der Waals surface area contributed by atoms with Crippen molar-refractivity contribution in [3.63, 3.8) is 0 Å². The highest BCUT2D eigenvalue weighted by atomic mass is 32.2. The molecule has 1 unspecified atom stereocenters. The summed E-state index contributed by atoms with van der Waals surface area (Å²) in [4.78, 5) is 2.26. The molecule has 1 heterocycles. The number of aliphatic hydroxyl groups excluding tert-OH is 1. The summed E-state index contributed by atoms with van der Waals surface area (Å²) >= 11 is 0. The Morgan fingerprint density at radius 3 is 2.22 bits per heavy atom. The Labute approximate surface area is 162 Å². The van der Waals surface area contributed by atoms with Crippen molar-refractivity contribution < 1.29 is 13.5 Å². The third-order valence-corrected chi connectivity index (χ3v) is 6.43. The molecule has 27 heavy (non-hydrogen) atoms. The Kier molecular flexibility index (Phi) is 7.01. The van der Waals surface area contributed by atoms with Crippen molar-refractivity contribution in [1.29, 1.82) is 0 Å². The van der Waals surface area contributed by atoms with Gasteiger partial charge in [0, 0.05) is 13.1 Å². The van der Waals surface area contributed by atoms with Crippen molar-refractivity contribution in [3.05, 3.63) is 71.8 Å². The fourth-order valence-corrected chi connectivity index (χ4v) is 4.71. The first-order valence-corrected chi connectivity index (χ1v) is 11.1. The largest absolute Gasteiger partial charge is 0.387 e. The standard InChI is InChI=1S/C21H28N2O3S/c24-21(20-9-5-2-6-10-20)16-23-13-11-18(12-14-23)15-22-27(25,26)17-19-7-3-1-4-8-19/h1-10,18,21-22,24H,11-17H2. The van der Waals surface area contributed by atoms with Gasteiger partial charge in [0.2, 0.25) is 10.0 Å². The summed E-state index contributed by atoms with van der Waals surface area (Å²) in [6, 6.07) is 18.9. The number of likely N-dealkylation sites (tertiary alicyclic amines) is 1. The van der Waals surface area contributed by atoms with Gasteiger partial charge in [0.05, 0.1) is 11.9 Å². The fourth-order valence-electron chi connectivity index (χ4n) is 3.49. The predicted octanol–water partition coefficient (Wildman–Crippen LogP) is 2.55. The fraction of sp³-hybridized carbons (Fsp3) is 0.429. The van der Waals surface area contributed by atoms with E-state index in [1.54, 1.807) is 0 Å². The number of nitrogens with one attached hydrogen (secondary N) is 1. The molecule has 0 aromatic heterocycles. The lowest BCUT2D eigenvalue weighted by atomic mass is 9.96. The van der Waals surface area contributed by atoms with E-state index in [1.165, 1.54) is 0 Å². The summed E-state index contributed by atoms with van der Waals surface area (Å²) in [6.07, 6.45) is 1.40.